The topological polar surface area (TPSA) is 59.0 Å². The Morgan fingerprint density at radius 2 is 2.38 bits per heavy atom. The molecule has 1 fully saturated rings. The number of hydrogen-bond acceptors (Lipinski definition) is 3. The number of nitrogens with zero attached hydrogens (tertiary/aromatic N) is 2. The zero-order valence-electron chi connectivity index (χ0n) is 13.9. The summed E-state index contributed by atoms with van der Waals surface area (Å²) in [6.07, 6.45) is 4.71. The van der Waals surface area contributed by atoms with Crippen molar-refractivity contribution < 1.29 is 4.79 Å². The number of hydrogen-bond donors (Lipinski definition) is 2. The van der Waals surface area contributed by atoms with Gasteiger partial charge in [-0.1, -0.05) is 24.6 Å². The molecule has 1 aliphatic heterocycles. The van der Waals surface area contributed by atoms with Gasteiger partial charge in [-0.2, -0.15) is 5.10 Å². The number of halogens is 1. The van der Waals surface area contributed by atoms with Crippen LogP contribution in [0.2, 0.25) is 5.02 Å². The van der Waals surface area contributed by atoms with E-state index in [1.165, 1.54) is 6.42 Å². The largest absolute Gasteiger partial charge is 0.352 e. The van der Waals surface area contributed by atoms with Crippen LogP contribution < -0.4 is 10.6 Å². The number of piperidine rings is 1. The molecule has 1 aromatic carbocycles. The molecule has 24 heavy (non-hydrogen) atoms. The Labute approximate surface area is 147 Å². The smallest absolute Gasteiger partial charge is 0.254 e. The van der Waals surface area contributed by atoms with E-state index in [1.54, 1.807) is 10.9 Å². The maximum atomic E-state index is 12.6. The molecule has 1 unspecified atom stereocenters. The van der Waals surface area contributed by atoms with Gasteiger partial charge in [-0.25, -0.2) is 4.68 Å². The summed E-state index contributed by atoms with van der Waals surface area (Å²) in [5.41, 5.74) is 2.41. The lowest BCUT2D eigenvalue weighted by atomic mass is 9.99. The summed E-state index contributed by atoms with van der Waals surface area (Å²) >= 11 is 6.07. The molecule has 2 N–H and O–H groups in total. The minimum atomic E-state index is -0.0503. The second-order valence-corrected chi connectivity index (χ2v) is 6.61. The van der Waals surface area contributed by atoms with Gasteiger partial charge in [0.1, 0.15) is 0 Å². The molecule has 6 heteroatoms. The first-order chi connectivity index (χ1) is 11.7. The van der Waals surface area contributed by atoms with E-state index in [0.717, 1.165) is 37.3 Å². The molecule has 1 saturated heterocycles. The fraction of sp³-hybridized carbons (Fsp3) is 0.444. The highest BCUT2D eigenvalue weighted by atomic mass is 35.5. The Bertz CT molecular complexity index is 707. The van der Waals surface area contributed by atoms with E-state index in [-0.39, 0.29) is 5.91 Å². The molecular weight excluding hydrogens is 324 g/mol. The molecular formula is C18H23ClN4O. The summed E-state index contributed by atoms with van der Waals surface area (Å²) in [6.45, 7) is 4.79. The van der Waals surface area contributed by atoms with Crippen molar-refractivity contribution in [3.8, 4) is 5.69 Å². The predicted octanol–water partition coefficient (Wildman–Crippen LogP) is 2.82. The molecule has 3 rings (SSSR count). The summed E-state index contributed by atoms with van der Waals surface area (Å²) in [5.74, 6) is 0.460. The molecule has 2 heterocycles. The van der Waals surface area contributed by atoms with Gasteiger partial charge in [0.2, 0.25) is 0 Å². The number of carbonyl (C=O) groups is 1. The quantitative estimate of drug-likeness (QED) is 0.875. The molecule has 0 radical (unpaired) electrons. The lowest BCUT2D eigenvalue weighted by Gasteiger charge is -2.22. The Morgan fingerprint density at radius 1 is 1.50 bits per heavy atom. The standard InChI is InChI=1S/C18H23ClN4O/c1-2-17-16(18(24)21-11-13-5-4-8-20-10-13)12-22-23(17)15-7-3-6-14(19)9-15/h3,6-7,9,12-13,20H,2,4-5,8,10-11H2,1H3,(H,21,24). The van der Waals surface area contributed by atoms with Gasteiger partial charge in [0.25, 0.3) is 5.91 Å². The van der Waals surface area contributed by atoms with E-state index >= 15 is 0 Å². The third-order valence-electron chi connectivity index (χ3n) is 4.45. The van der Waals surface area contributed by atoms with E-state index in [4.69, 9.17) is 11.6 Å². The molecule has 1 atom stereocenters. The van der Waals surface area contributed by atoms with E-state index in [0.29, 0.717) is 23.0 Å². The van der Waals surface area contributed by atoms with Crippen molar-refractivity contribution in [3.05, 3.63) is 46.7 Å². The number of benzene rings is 1. The molecule has 0 spiro atoms. The highest BCUT2D eigenvalue weighted by Crippen LogP contribution is 2.19. The Balaban J connectivity index is 1.74. The van der Waals surface area contributed by atoms with Crippen LogP contribution in [0, 0.1) is 5.92 Å². The summed E-state index contributed by atoms with van der Waals surface area (Å²) in [4.78, 5) is 12.6. The van der Waals surface area contributed by atoms with Crippen molar-refractivity contribution in [2.75, 3.05) is 19.6 Å². The molecule has 128 valence electrons. The van der Waals surface area contributed by atoms with Crippen LogP contribution in [-0.4, -0.2) is 35.3 Å². The average molecular weight is 347 g/mol. The summed E-state index contributed by atoms with van der Waals surface area (Å²) in [6, 6.07) is 7.50. The predicted molar refractivity (Wildman–Crippen MR) is 95.9 cm³/mol. The van der Waals surface area contributed by atoms with Gasteiger partial charge in [0.15, 0.2) is 0 Å². The molecule has 1 aromatic heterocycles. The number of aromatic nitrogens is 2. The van der Waals surface area contributed by atoms with Crippen molar-refractivity contribution in [2.45, 2.75) is 26.2 Å². The summed E-state index contributed by atoms with van der Waals surface area (Å²) in [7, 11) is 0. The van der Waals surface area contributed by atoms with Gasteiger partial charge in [-0.15, -0.1) is 0 Å². The van der Waals surface area contributed by atoms with Crippen LogP contribution in [0.15, 0.2) is 30.5 Å². The minimum absolute atomic E-state index is 0.0503. The summed E-state index contributed by atoms with van der Waals surface area (Å²) < 4.78 is 1.79. The van der Waals surface area contributed by atoms with Gasteiger partial charge in [-0.05, 0) is 56.5 Å². The van der Waals surface area contributed by atoms with Crippen LogP contribution >= 0.6 is 11.6 Å². The molecule has 0 saturated carbocycles. The van der Waals surface area contributed by atoms with Gasteiger partial charge in [0, 0.05) is 11.6 Å². The van der Waals surface area contributed by atoms with Crippen molar-refractivity contribution in [3.63, 3.8) is 0 Å². The summed E-state index contributed by atoms with van der Waals surface area (Å²) in [5, 5.41) is 11.5. The highest BCUT2D eigenvalue weighted by Gasteiger charge is 2.19. The van der Waals surface area contributed by atoms with Crippen molar-refractivity contribution in [2.24, 2.45) is 5.92 Å². The van der Waals surface area contributed by atoms with Crippen LogP contribution in [0.5, 0.6) is 0 Å². The normalized spacial score (nSPS) is 17.7. The van der Waals surface area contributed by atoms with Crippen molar-refractivity contribution >= 4 is 17.5 Å². The Kier molecular flexibility index (Phi) is 5.53. The maximum Gasteiger partial charge on any atom is 0.254 e. The molecule has 0 aliphatic carbocycles. The van der Waals surface area contributed by atoms with Crippen LogP contribution in [-0.2, 0) is 6.42 Å². The number of carbonyl (C=O) groups excluding carboxylic acids is 1. The fourth-order valence-corrected chi connectivity index (χ4v) is 3.35. The van der Waals surface area contributed by atoms with Crippen LogP contribution in [0.3, 0.4) is 0 Å². The zero-order chi connectivity index (χ0) is 16.9. The van der Waals surface area contributed by atoms with Crippen molar-refractivity contribution in [1.29, 1.82) is 0 Å². The van der Waals surface area contributed by atoms with Gasteiger partial charge in [-0.3, -0.25) is 4.79 Å². The van der Waals surface area contributed by atoms with Gasteiger partial charge in [0.05, 0.1) is 23.1 Å². The van der Waals surface area contributed by atoms with Crippen LogP contribution in [0.1, 0.15) is 35.8 Å². The fourth-order valence-electron chi connectivity index (χ4n) is 3.16. The van der Waals surface area contributed by atoms with Gasteiger partial charge < -0.3 is 10.6 Å². The monoisotopic (exact) mass is 346 g/mol. The molecule has 1 amide bonds. The third-order valence-corrected chi connectivity index (χ3v) is 4.69. The van der Waals surface area contributed by atoms with Crippen LogP contribution in [0.4, 0.5) is 0 Å². The van der Waals surface area contributed by atoms with Crippen LogP contribution in [0.25, 0.3) is 5.69 Å². The SMILES string of the molecule is CCc1c(C(=O)NCC2CCCNC2)cnn1-c1cccc(Cl)c1. The zero-order valence-corrected chi connectivity index (χ0v) is 14.6. The number of nitrogens with one attached hydrogen (secondary N) is 2. The first-order valence-corrected chi connectivity index (χ1v) is 8.88. The van der Waals surface area contributed by atoms with Gasteiger partial charge >= 0.3 is 0 Å². The molecule has 0 bridgehead atoms. The first kappa shape index (κ1) is 17.0. The number of amides is 1. The van der Waals surface area contributed by atoms with E-state index in [9.17, 15) is 4.79 Å². The van der Waals surface area contributed by atoms with Crippen molar-refractivity contribution in [1.82, 2.24) is 20.4 Å². The Hall–Kier alpha value is -1.85. The minimum Gasteiger partial charge on any atom is -0.352 e. The van der Waals surface area contributed by atoms with E-state index in [1.807, 2.05) is 31.2 Å². The second kappa shape index (κ2) is 7.81. The second-order valence-electron chi connectivity index (χ2n) is 6.17. The van der Waals surface area contributed by atoms with E-state index < -0.39 is 0 Å². The lowest BCUT2D eigenvalue weighted by Crippen LogP contribution is -2.38. The average Bonchev–Trinajstić information content (AvgIpc) is 3.04. The Morgan fingerprint density at radius 3 is 3.08 bits per heavy atom. The number of rotatable bonds is 5. The maximum absolute atomic E-state index is 12.6. The third kappa shape index (κ3) is 3.79. The first-order valence-electron chi connectivity index (χ1n) is 8.50. The molecule has 1 aliphatic rings. The molecule has 2 aromatic rings. The highest BCUT2D eigenvalue weighted by molar-refractivity contribution is 6.30. The molecule has 5 nitrogen and oxygen atoms in total. The van der Waals surface area contributed by atoms with E-state index in [2.05, 4.69) is 15.7 Å². The lowest BCUT2D eigenvalue weighted by molar-refractivity contribution is 0.0944.